The van der Waals surface area contributed by atoms with Crippen molar-refractivity contribution < 1.29 is 28.4 Å². The fourth-order valence-electron chi connectivity index (χ4n) is 12.0. The Kier molecular flexibility index (Phi) is 23.5. The van der Waals surface area contributed by atoms with Crippen molar-refractivity contribution in [3.05, 3.63) is 266 Å². The van der Waals surface area contributed by atoms with Gasteiger partial charge in [0.25, 0.3) is 0 Å². The zero-order valence-electron chi connectivity index (χ0n) is 63.3. The van der Waals surface area contributed by atoms with E-state index < -0.39 is 0 Å². The van der Waals surface area contributed by atoms with Crippen molar-refractivity contribution in [1.82, 2.24) is 59.2 Å². The molecule has 0 fully saturated rings. The fourth-order valence-corrected chi connectivity index (χ4v) is 12.0. The standard InChI is InChI=1S/C30H24N6O2.C30H27N5O2.C29H26N6O2/c1-35-20-23(18-33-35)30-19-32-28-10-9-24(15-29(28)34-30)36(25-13-26(37-2)16-27(14-25)38-3)11-5-8-21-6-4-7-22(12-21)17-31;1-21-7-9-22(10-8-21)6-5-13-35(25-14-26(36-3)17-27(15-25)37-4)24-11-12-28-29(16-24)33-30(19-31-28)23-18-32-34(2)20-23;1-34-19-21(17-32-34)29-18-31-27-10-9-23(15-28(27)33-29)35(11-5-7-20-6-4-8-22(30)12-20)24-13-25(36-2)16-26(14-24)37-3/h4,6-7,9-10,12-16,18-20H,11H2,1-3H3;7-12,14-20H,13H2,1-4H3;4,6,8-10,12-19H,11,30H2,1-3H3. The van der Waals surface area contributed by atoms with Crippen LogP contribution >= 0.6 is 0 Å². The molecule has 0 aliphatic rings. The number of fused-ring (bicyclic) bond motifs is 3. The molecule has 112 heavy (non-hydrogen) atoms. The van der Waals surface area contributed by atoms with Gasteiger partial charge in [0.2, 0.25) is 0 Å². The van der Waals surface area contributed by atoms with Crippen LogP contribution in [0.5, 0.6) is 34.5 Å². The summed E-state index contributed by atoms with van der Waals surface area (Å²) in [6, 6.07) is 60.3. The lowest BCUT2D eigenvalue weighted by atomic mass is 10.1. The number of nitrogen functional groups attached to an aromatic ring is 1. The van der Waals surface area contributed by atoms with Crippen LogP contribution in [0.25, 0.3) is 66.9 Å². The number of methoxy groups -OCH3 is 6. The van der Waals surface area contributed by atoms with Gasteiger partial charge >= 0.3 is 0 Å². The summed E-state index contributed by atoms with van der Waals surface area (Å²) >= 11 is 0. The Balaban J connectivity index is 0.000000147. The highest BCUT2D eigenvalue weighted by Crippen LogP contribution is 2.38. The molecule has 6 aromatic heterocycles. The van der Waals surface area contributed by atoms with Crippen LogP contribution in [0.1, 0.15) is 27.8 Å². The molecule has 0 aliphatic heterocycles. The molecule has 9 aromatic carbocycles. The highest BCUT2D eigenvalue weighted by Gasteiger charge is 2.19. The van der Waals surface area contributed by atoms with Crippen molar-refractivity contribution in [3.63, 3.8) is 0 Å². The lowest BCUT2D eigenvalue weighted by Crippen LogP contribution is -2.17. The van der Waals surface area contributed by atoms with Gasteiger partial charge < -0.3 is 48.9 Å². The predicted octanol–water partition coefficient (Wildman–Crippen LogP) is 15.5. The maximum absolute atomic E-state index is 9.21. The molecule has 0 saturated carbocycles. The number of aromatic nitrogens is 12. The van der Waals surface area contributed by atoms with Crippen LogP contribution < -0.4 is 48.9 Å². The van der Waals surface area contributed by atoms with E-state index in [1.807, 2.05) is 197 Å². The smallest absolute Gasteiger partial charge is 0.124 e. The third-order valence-corrected chi connectivity index (χ3v) is 17.8. The van der Waals surface area contributed by atoms with E-state index in [1.54, 1.807) is 106 Å². The van der Waals surface area contributed by atoms with E-state index in [1.165, 1.54) is 5.56 Å². The van der Waals surface area contributed by atoms with Crippen LogP contribution in [0.15, 0.2) is 238 Å². The Labute approximate surface area is 648 Å². The van der Waals surface area contributed by atoms with Gasteiger partial charge in [0, 0.05) is 168 Å². The van der Waals surface area contributed by atoms with Gasteiger partial charge in [-0.1, -0.05) is 65.4 Å². The second-order valence-corrected chi connectivity index (χ2v) is 25.6. The van der Waals surface area contributed by atoms with Crippen molar-refractivity contribution in [2.75, 3.05) is 82.7 Å². The molecule has 0 bridgehead atoms. The zero-order chi connectivity index (χ0) is 78.0. The van der Waals surface area contributed by atoms with E-state index in [0.29, 0.717) is 65.4 Å². The SMILES string of the molecule is COc1cc(OC)cc(N(CC#Cc2ccc(C)cc2)c2ccc3ncc(-c4cnn(C)c4)nc3c2)c1.COc1cc(OC)cc(N(CC#Cc2cccc(C#N)c2)c2ccc3ncc(-c4cnn(C)c4)nc3c2)c1.COc1cc(OC)cc(N(CC#Cc2cccc(N)c2)c2ccc3ncc(-c4cnn(C)c4)nc3c2)c1. The number of anilines is 7. The van der Waals surface area contributed by atoms with Crippen molar-refractivity contribution in [1.29, 1.82) is 5.26 Å². The zero-order valence-corrected chi connectivity index (χ0v) is 63.3. The topological polar surface area (TPSA) is 246 Å². The first kappa shape index (κ1) is 75.0. The quantitative estimate of drug-likeness (QED) is 0.0619. The van der Waals surface area contributed by atoms with Crippen LogP contribution in [0.3, 0.4) is 0 Å². The number of nitrogens with two attached hydrogens (primary N) is 1. The Hall–Kier alpha value is -15.2. The minimum Gasteiger partial charge on any atom is -0.497 e. The first-order valence-electron chi connectivity index (χ1n) is 35.3. The molecule has 23 nitrogen and oxygen atoms in total. The van der Waals surface area contributed by atoms with Crippen LogP contribution in [-0.2, 0) is 21.1 Å². The van der Waals surface area contributed by atoms with Gasteiger partial charge in [-0.3, -0.25) is 29.0 Å². The fraction of sp³-hybridized carbons (Fsp3) is 0.146. The highest BCUT2D eigenvalue weighted by molar-refractivity contribution is 5.86. The molecule has 0 spiro atoms. The van der Waals surface area contributed by atoms with Crippen molar-refractivity contribution in [2.45, 2.75) is 6.92 Å². The normalized spacial score (nSPS) is 10.5. The summed E-state index contributed by atoms with van der Waals surface area (Å²) in [7, 11) is 15.4. The van der Waals surface area contributed by atoms with Crippen LogP contribution in [0, 0.1) is 53.8 Å². The Morgan fingerprint density at radius 2 is 0.679 bits per heavy atom. The lowest BCUT2D eigenvalue weighted by Gasteiger charge is -2.24. The number of nitriles is 1. The van der Waals surface area contributed by atoms with Crippen molar-refractivity contribution >= 4 is 72.9 Å². The van der Waals surface area contributed by atoms with E-state index in [0.717, 1.165) is 118 Å². The lowest BCUT2D eigenvalue weighted by molar-refractivity contribution is 0.394. The van der Waals surface area contributed by atoms with E-state index in [-0.39, 0.29) is 0 Å². The molecule has 6 heterocycles. The van der Waals surface area contributed by atoms with E-state index in [9.17, 15) is 5.26 Å². The van der Waals surface area contributed by atoms with Gasteiger partial charge in [-0.2, -0.15) is 20.6 Å². The van der Waals surface area contributed by atoms with Gasteiger partial charge in [0.15, 0.2) is 0 Å². The average molecular weight is 1480 g/mol. The molecular weight excluding hydrogens is 1400 g/mol. The molecule has 23 heteroatoms. The molecule has 0 amide bonds. The third-order valence-electron chi connectivity index (χ3n) is 17.8. The number of nitrogens with zero attached hydrogens (tertiary/aromatic N) is 16. The maximum atomic E-state index is 9.21. The van der Waals surface area contributed by atoms with Crippen molar-refractivity contribution in [3.8, 4) is 110 Å². The number of benzene rings is 9. The Morgan fingerprint density at radius 3 is 1.00 bits per heavy atom. The molecule has 0 atom stereocenters. The van der Waals surface area contributed by atoms with Gasteiger partial charge in [-0.25, -0.2) is 15.0 Å². The molecule has 0 radical (unpaired) electrons. The second-order valence-electron chi connectivity index (χ2n) is 25.6. The molecule has 15 rings (SSSR count). The van der Waals surface area contributed by atoms with Crippen LogP contribution in [-0.4, -0.2) is 122 Å². The minimum absolute atomic E-state index is 0.369. The van der Waals surface area contributed by atoms with Crippen LogP contribution in [0.2, 0.25) is 0 Å². The van der Waals surface area contributed by atoms with E-state index in [2.05, 4.69) is 106 Å². The maximum Gasteiger partial charge on any atom is 0.124 e. The summed E-state index contributed by atoms with van der Waals surface area (Å²) in [5.74, 6) is 23.6. The Morgan fingerprint density at radius 1 is 0.348 bits per heavy atom. The number of rotatable bonds is 18. The first-order valence-corrected chi connectivity index (χ1v) is 35.3. The summed E-state index contributed by atoms with van der Waals surface area (Å²) < 4.78 is 38.4. The molecular formula is C89H77N17O6. The number of hydrogen-bond acceptors (Lipinski definition) is 20. The van der Waals surface area contributed by atoms with E-state index >= 15 is 0 Å². The predicted molar refractivity (Wildman–Crippen MR) is 439 cm³/mol. The van der Waals surface area contributed by atoms with E-state index in [4.69, 9.17) is 49.1 Å². The minimum atomic E-state index is 0.369. The van der Waals surface area contributed by atoms with Gasteiger partial charge in [0.05, 0.1) is 161 Å². The monoisotopic (exact) mass is 1480 g/mol. The molecule has 2 N–H and O–H groups in total. The largest absolute Gasteiger partial charge is 0.497 e. The van der Waals surface area contributed by atoms with Gasteiger partial charge in [-0.05, 0) is 110 Å². The first-order chi connectivity index (χ1) is 54.6. The van der Waals surface area contributed by atoms with Crippen LogP contribution in [0.4, 0.5) is 39.8 Å². The highest BCUT2D eigenvalue weighted by atomic mass is 16.5. The number of aryl methyl sites for hydroxylation is 4. The van der Waals surface area contributed by atoms with Gasteiger partial charge in [-0.15, -0.1) is 0 Å². The molecule has 0 saturated heterocycles. The number of hydrogen-bond donors (Lipinski definition) is 1. The third kappa shape index (κ3) is 18.6. The summed E-state index contributed by atoms with van der Waals surface area (Å²) in [6.45, 7) is 3.30. The molecule has 0 unspecified atom stereocenters. The second kappa shape index (κ2) is 35.0. The summed E-state index contributed by atoms with van der Waals surface area (Å²) in [5, 5.41) is 22.0. The summed E-state index contributed by atoms with van der Waals surface area (Å²) in [4.78, 5) is 34.7. The molecule has 0 aliphatic carbocycles. The van der Waals surface area contributed by atoms with Gasteiger partial charge in [0.1, 0.15) is 34.5 Å². The van der Waals surface area contributed by atoms with Crippen molar-refractivity contribution in [2.24, 2.45) is 21.1 Å². The molecule has 15 aromatic rings. The Bertz CT molecular complexity index is 6090. The summed E-state index contributed by atoms with van der Waals surface area (Å²) in [6.07, 6.45) is 16.4. The summed E-state index contributed by atoms with van der Waals surface area (Å²) in [5.41, 5.74) is 26.0. The average Bonchev–Trinajstić information content (AvgIpc) is 0.978. The molecule has 554 valence electrons. The number of ether oxygens (including phenoxy) is 6.